The van der Waals surface area contributed by atoms with Gasteiger partial charge in [0, 0.05) is 6.42 Å². The van der Waals surface area contributed by atoms with Crippen LogP contribution in [0.2, 0.25) is 19.6 Å². The molecule has 2 heteroatoms. The van der Waals surface area contributed by atoms with Gasteiger partial charge in [-0.05, 0) is 56.3 Å². The number of carbonyl (C=O) groups excluding carboxylic acids is 1. The van der Waals surface area contributed by atoms with Crippen molar-refractivity contribution in [2.75, 3.05) is 0 Å². The molecule has 4 rings (SSSR count). The molecular weight excluding hydrogens is 272 g/mol. The summed E-state index contributed by atoms with van der Waals surface area (Å²) in [7, 11) is -1.30. The molecule has 21 heavy (non-hydrogen) atoms. The molecule has 0 bridgehead atoms. The number of rotatable bonds is 1. The second kappa shape index (κ2) is 4.56. The lowest BCUT2D eigenvalue weighted by Gasteiger charge is -2.45. The lowest BCUT2D eigenvalue weighted by atomic mass is 9.57. The van der Waals surface area contributed by atoms with E-state index in [-0.39, 0.29) is 5.41 Å². The van der Waals surface area contributed by atoms with Gasteiger partial charge in [-0.25, -0.2) is 0 Å². The van der Waals surface area contributed by atoms with Crippen LogP contribution in [0.1, 0.15) is 57.8 Å². The first-order valence-corrected chi connectivity index (χ1v) is 12.7. The summed E-state index contributed by atoms with van der Waals surface area (Å²) in [5.74, 6) is 2.89. The maximum atomic E-state index is 13.2. The van der Waals surface area contributed by atoms with Crippen LogP contribution in [0.3, 0.4) is 0 Å². The third-order valence-electron chi connectivity index (χ3n) is 7.16. The summed E-state index contributed by atoms with van der Waals surface area (Å²) in [5.41, 5.74) is 1.77. The molecule has 3 fully saturated rings. The Hall–Kier alpha value is -0.373. The Balaban J connectivity index is 1.92. The van der Waals surface area contributed by atoms with E-state index in [1.165, 1.54) is 44.9 Å². The number of fused-ring (bicyclic) bond motifs is 1. The van der Waals surface area contributed by atoms with Crippen LogP contribution in [-0.4, -0.2) is 13.9 Å². The second-order valence-corrected chi connectivity index (χ2v) is 14.1. The Morgan fingerprint density at radius 3 is 2.48 bits per heavy atom. The highest BCUT2D eigenvalue weighted by Crippen LogP contribution is 2.68. The van der Waals surface area contributed by atoms with Gasteiger partial charge in [-0.1, -0.05) is 43.3 Å². The third kappa shape index (κ3) is 1.72. The van der Waals surface area contributed by atoms with Gasteiger partial charge < -0.3 is 0 Å². The summed E-state index contributed by atoms with van der Waals surface area (Å²) in [6.07, 6.45) is 11.4. The van der Waals surface area contributed by atoms with Crippen molar-refractivity contribution in [1.82, 2.24) is 0 Å². The van der Waals surface area contributed by atoms with E-state index >= 15 is 0 Å². The molecule has 0 unspecified atom stereocenters. The quantitative estimate of drug-likeness (QED) is 0.614. The molecule has 0 aromatic rings. The highest BCUT2D eigenvalue weighted by molar-refractivity contribution is 6.83. The lowest BCUT2D eigenvalue weighted by Crippen LogP contribution is -2.45. The molecule has 4 aliphatic rings. The van der Waals surface area contributed by atoms with E-state index in [4.69, 9.17) is 0 Å². The molecule has 0 amide bonds. The highest BCUT2D eigenvalue weighted by atomic mass is 28.3. The van der Waals surface area contributed by atoms with Gasteiger partial charge in [0.25, 0.3) is 0 Å². The summed E-state index contributed by atoms with van der Waals surface area (Å²) in [6, 6.07) is 0. The standard InChI is InChI=1S/C19H30OSi/c1-21(2,3)18-14-8-4-5-9-15(14)19-13(11-12-16(18)19)7-6-10-17(19)20/h13-15H,4-12H2,1-3H3/t13-,14+,15-,19+/m0/s1. The predicted molar refractivity (Wildman–Crippen MR) is 89.8 cm³/mol. The molecule has 0 aromatic heterocycles. The number of Topliss-reactive ketones (excluding diaryl/α,β-unsaturated/α-hetero) is 1. The van der Waals surface area contributed by atoms with Crippen molar-refractivity contribution < 1.29 is 4.79 Å². The van der Waals surface area contributed by atoms with E-state index < -0.39 is 8.07 Å². The molecule has 0 radical (unpaired) electrons. The average Bonchev–Trinajstić information content (AvgIpc) is 2.92. The largest absolute Gasteiger partial charge is 0.299 e. The Morgan fingerprint density at radius 1 is 0.952 bits per heavy atom. The van der Waals surface area contributed by atoms with Gasteiger partial charge in [-0.15, -0.1) is 0 Å². The lowest BCUT2D eigenvalue weighted by molar-refractivity contribution is -0.135. The van der Waals surface area contributed by atoms with Crippen molar-refractivity contribution in [2.24, 2.45) is 23.2 Å². The molecule has 116 valence electrons. The molecule has 1 nitrogen and oxygen atoms in total. The van der Waals surface area contributed by atoms with E-state index in [0.29, 0.717) is 17.6 Å². The molecule has 4 atom stereocenters. The van der Waals surface area contributed by atoms with E-state index in [9.17, 15) is 4.79 Å². The minimum absolute atomic E-state index is 0.0545. The molecular formula is C19H30OSi. The predicted octanol–water partition coefficient (Wildman–Crippen LogP) is 5.13. The number of hydrogen-bond donors (Lipinski definition) is 0. The third-order valence-corrected chi connectivity index (χ3v) is 9.45. The van der Waals surface area contributed by atoms with Crippen molar-refractivity contribution in [3.8, 4) is 0 Å². The van der Waals surface area contributed by atoms with Crippen molar-refractivity contribution in [2.45, 2.75) is 77.4 Å². The Labute approximate surface area is 130 Å². The van der Waals surface area contributed by atoms with Gasteiger partial charge in [0.2, 0.25) is 0 Å². The van der Waals surface area contributed by atoms with Crippen molar-refractivity contribution in [3.63, 3.8) is 0 Å². The second-order valence-electron chi connectivity index (χ2n) is 9.06. The number of hydrogen-bond acceptors (Lipinski definition) is 1. The number of allylic oxidation sites excluding steroid dienone is 2. The molecule has 4 aliphatic carbocycles. The van der Waals surface area contributed by atoms with Crippen LogP contribution in [0, 0.1) is 23.2 Å². The van der Waals surface area contributed by atoms with Crippen LogP contribution in [0.25, 0.3) is 0 Å². The Morgan fingerprint density at radius 2 is 1.71 bits per heavy atom. The SMILES string of the molecule is C[Si](C)(C)C1=C2CC[C@@H]3CCCC(=O)[C@]23[C@H]2CCCC[C@@H]12. The summed E-state index contributed by atoms with van der Waals surface area (Å²) < 4.78 is 0. The first kappa shape index (κ1) is 14.2. The van der Waals surface area contributed by atoms with E-state index in [1.54, 1.807) is 5.57 Å². The fraction of sp³-hybridized carbons (Fsp3) is 0.842. The maximum absolute atomic E-state index is 13.2. The first-order chi connectivity index (χ1) is 9.97. The van der Waals surface area contributed by atoms with Gasteiger partial charge in [0.05, 0.1) is 13.5 Å². The molecule has 0 heterocycles. The first-order valence-electron chi connectivity index (χ1n) is 9.24. The Bertz CT molecular complexity index is 512. The molecule has 0 N–H and O–H groups in total. The topological polar surface area (TPSA) is 17.1 Å². The van der Waals surface area contributed by atoms with Gasteiger partial charge in [0.1, 0.15) is 5.78 Å². The zero-order chi connectivity index (χ0) is 14.8. The fourth-order valence-corrected chi connectivity index (χ4v) is 9.52. The molecule has 3 saturated carbocycles. The molecule has 0 aliphatic heterocycles. The zero-order valence-electron chi connectivity index (χ0n) is 14.0. The summed E-state index contributed by atoms with van der Waals surface area (Å²) in [4.78, 5) is 13.2. The maximum Gasteiger partial charge on any atom is 0.143 e. The molecule has 0 aromatic carbocycles. The van der Waals surface area contributed by atoms with Crippen molar-refractivity contribution in [3.05, 3.63) is 10.8 Å². The molecule has 1 spiro atoms. The van der Waals surface area contributed by atoms with Gasteiger partial charge >= 0.3 is 0 Å². The van der Waals surface area contributed by atoms with Crippen LogP contribution >= 0.6 is 0 Å². The van der Waals surface area contributed by atoms with Gasteiger partial charge in [0.15, 0.2) is 0 Å². The Kier molecular flexibility index (Phi) is 3.09. The number of ketones is 1. The minimum Gasteiger partial charge on any atom is -0.299 e. The average molecular weight is 303 g/mol. The molecule has 0 saturated heterocycles. The summed E-state index contributed by atoms with van der Waals surface area (Å²) >= 11 is 0. The van der Waals surface area contributed by atoms with Crippen LogP contribution in [0.4, 0.5) is 0 Å². The van der Waals surface area contributed by atoms with Crippen molar-refractivity contribution >= 4 is 13.9 Å². The van der Waals surface area contributed by atoms with Gasteiger partial charge in [-0.2, -0.15) is 0 Å². The highest BCUT2D eigenvalue weighted by Gasteiger charge is 2.64. The van der Waals surface area contributed by atoms with Crippen LogP contribution in [0.5, 0.6) is 0 Å². The summed E-state index contributed by atoms with van der Waals surface area (Å²) in [5, 5.41) is 1.87. The van der Waals surface area contributed by atoms with Crippen LogP contribution in [0.15, 0.2) is 10.8 Å². The normalized spacial score (nSPS) is 42.8. The summed E-state index contributed by atoms with van der Waals surface area (Å²) in [6.45, 7) is 7.59. The van der Waals surface area contributed by atoms with E-state index in [2.05, 4.69) is 19.6 Å². The monoisotopic (exact) mass is 302 g/mol. The van der Waals surface area contributed by atoms with E-state index in [0.717, 1.165) is 18.8 Å². The van der Waals surface area contributed by atoms with Crippen LogP contribution < -0.4 is 0 Å². The zero-order valence-corrected chi connectivity index (χ0v) is 15.0. The number of carbonyl (C=O) groups is 1. The minimum atomic E-state index is -1.30. The van der Waals surface area contributed by atoms with Crippen molar-refractivity contribution in [1.29, 1.82) is 0 Å². The fourth-order valence-electron chi connectivity index (χ4n) is 6.83. The van der Waals surface area contributed by atoms with Gasteiger partial charge in [-0.3, -0.25) is 4.79 Å². The van der Waals surface area contributed by atoms with E-state index in [1.807, 2.05) is 5.20 Å². The smallest absolute Gasteiger partial charge is 0.143 e. The van der Waals surface area contributed by atoms with Crippen LogP contribution in [-0.2, 0) is 4.79 Å².